The van der Waals surface area contributed by atoms with Crippen molar-refractivity contribution in [1.29, 1.82) is 0 Å². The van der Waals surface area contributed by atoms with E-state index in [0.29, 0.717) is 12.6 Å². The van der Waals surface area contributed by atoms with Crippen molar-refractivity contribution in [3.63, 3.8) is 0 Å². The van der Waals surface area contributed by atoms with Gasteiger partial charge in [-0.25, -0.2) is 0 Å². The normalized spacial score (nSPS) is 40.8. The topological polar surface area (TPSA) is 52.6 Å². The summed E-state index contributed by atoms with van der Waals surface area (Å²) in [4.78, 5) is 12.9. The molecule has 2 heterocycles. The van der Waals surface area contributed by atoms with Gasteiger partial charge in [0.25, 0.3) is 0 Å². The summed E-state index contributed by atoms with van der Waals surface area (Å²) in [5, 5.41) is 11.9. The lowest BCUT2D eigenvalue weighted by Gasteiger charge is -2.41. The Hall–Kier alpha value is -0.610. The highest BCUT2D eigenvalue weighted by Gasteiger charge is 2.32. The van der Waals surface area contributed by atoms with E-state index in [9.17, 15) is 4.79 Å². The van der Waals surface area contributed by atoms with Crippen LogP contribution in [0.25, 0.3) is 0 Å². The van der Waals surface area contributed by atoms with E-state index < -0.39 is 5.97 Å². The van der Waals surface area contributed by atoms with Gasteiger partial charge < -0.3 is 5.11 Å². The standard InChI is InChI=1S/C8H14N2O2/c11-8(12)7-5-10-3-1-2-6(4-10)9-7/h6-7,9H,1-5H2,(H,11,12). The third kappa shape index (κ3) is 1.44. The molecule has 0 saturated carbocycles. The zero-order valence-corrected chi connectivity index (χ0v) is 6.99. The van der Waals surface area contributed by atoms with Crippen LogP contribution in [0.3, 0.4) is 0 Å². The number of hydrogen-bond acceptors (Lipinski definition) is 3. The molecule has 0 aromatic carbocycles. The summed E-state index contributed by atoms with van der Waals surface area (Å²) >= 11 is 0. The van der Waals surface area contributed by atoms with Crippen molar-refractivity contribution in [2.45, 2.75) is 24.9 Å². The van der Waals surface area contributed by atoms with Crippen LogP contribution >= 0.6 is 0 Å². The maximum absolute atomic E-state index is 10.7. The SMILES string of the molecule is O=C(O)C1CN2CCCC(C2)N1. The molecular formula is C8H14N2O2. The lowest BCUT2D eigenvalue weighted by Crippen LogP contribution is -2.61. The maximum Gasteiger partial charge on any atom is 0.322 e. The molecule has 2 bridgehead atoms. The number of rotatable bonds is 1. The van der Waals surface area contributed by atoms with E-state index in [1.54, 1.807) is 0 Å². The van der Waals surface area contributed by atoms with Crippen LogP contribution in [-0.2, 0) is 4.79 Å². The number of nitrogens with one attached hydrogen (secondary N) is 1. The highest BCUT2D eigenvalue weighted by atomic mass is 16.4. The number of hydrogen-bond donors (Lipinski definition) is 2. The second-order valence-corrected chi connectivity index (χ2v) is 3.66. The fourth-order valence-electron chi connectivity index (χ4n) is 2.10. The predicted molar refractivity (Wildman–Crippen MR) is 44.0 cm³/mol. The summed E-state index contributed by atoms with van der Waals surface area (Å²) in [5.41, 5.74) is 0. The van der Waals surface area contributed by atoms with Crippen molar-refractivity contribution in [2.24, 2.45) is 0 Å². The highest BCUT2D eigenvalue weighted by molar-refractivity contribution is 5.74. The molecule has 0 aromatic rings. The summed E-state index contributed by atoms with van der Waals surface area (Å²) in [6.45, 7) is 2.78. The fraction of sp³-hybridized carbons (Fsp3) is 0.875. The van der Waals surface area contributed by atoms with E-state index in [0.717, 1.165) is 19.5 Å². The van der Waals surface area contributed by atoms with Crippen molar-refractivity contribution >= 4 is 5.97 Å². The van der Waals surface area contributed by atoms with Crippen molar-refractivity contribution in [3.05, 3.63) is 0 Å². The van der Waals surface area contributed by atoms with Crippen LogP contribution in [0, 0.1) is 0 Å². The van der Waals surface area contributed by atoms with E-state index in [1.807, 2.05) is 0 Å². The zero-order valence-electron chi connectivity index (χ0n) is 6.99. The third-order valence-electron chi connectivity index (χ3n) is 2.68. The van der Waals surface area contributed by atoms with Gasteiger partial charge in [0.15, 0.2) is 0 Å². The summed E-state index contributed by atoms with van der Waals surface area (Å²) in [7, 11) is 0. The fourth-order valence-corrected chi connectivity index (χ4v) is 2.10. The minimum absolute atomic E-state index is 0.343. The molecule has 3 unspecified atom stereocenters. The molecule has 0 aromatic heterocycles. The smallest absolute Gasteiger partial charge is 0.322 e. The number of piperidine rings is 1. The van der Waals surface area contributed by atoms with Gasteiger partial charge in [0, 0.05) is 19.1 Å². The summed E-state index contributed by atoms with van der Waals surface area (Å²) in [6, 6.07) is 0.0673. The van der Waals surface area contributed by atoms with E-state index in [1.165, 1.54) is 6.42 Å². The van der Waals surface area contributed by atoms with Crippen LogP contribution in [0.1, 0.15) is 12.8 Å². The summed E-state index contributed by atoms with van der Waals surface area (Å²) in [5.74, 6) is -0.716. The van der Waals surface area contributed by atoms with Crippen molar-refractivity contribution in [2.75, 3.05) is 19.6 Å². The Morgan fingerprint density at radius 3 is 3.00 bits per heavy atom. The largest absolute Gasteiger partial charge is 0.480 e. The Labute approximate surface area is 71.5 Å². The van der Waals surface area contributed by atoms with E-state index in [4.69, 9.17) is 5.11 Å². The number of fused-ring (bicyclic) bond motifs is 2. The molecule has 12 heavy (non-hydrogen) atoms. The third-order valence-corrected chi connectivity index (χ3v) is 2.68. The minimum atomic E-state index is -0.716. The lowest BCUT2D eigenvalue weighted by molar-refractivity contribution is -0.141. The van der Waals surface area contributed by atoms with Crippen LogP contribution in [0.4, 0.5) is 0 Å². The Kier molecular flexibility index (Phi) is 2.02. The molecule has 2 aliphatic heterocycles. The summed E-state index contributed by atoms with van der Waals surface area (Å²) in [6.07, 6.45) is 2.32. The van der Waals surface area contributed by atoms with Crippen LogP contribution in [0.2, 0.25) is 0 Å². The molecule has 68 valence electrons. The minimum Gasteiger partial charge on any atom is -0.480 e. The van der Waals surface area contributed by atoms with Gasteiger partial charge in [0.1, 0.15) is 6.04 Å². The Bertz CT molecular complexity index is 183. The van der Waals surface area contributed by atoms with Crippen LogP contribution in [0.15, 0.2) is 0 Å². The van der Waals surface area contributed by atoms with Crippen molar-refractivity contribution < 1.29 is 9.90 Å². The molecule has 0 spiro atoms. The van der Waals surface area contributed by atoms with Crippen LogP contribution in [0.5, 0.6) is 0 Å². The zero-order chi connectivity index (χ0) is 8.55. The van der Waals surface area contributed by atoms with E-state index >= 15 is 0 Å². The Morgan fingerprint density at radius 2 is 2.33 bits per heavy atom. The average Bonchev–Trinajstić information content (AvgIpc) is 2.03. The summed E-state index contributed by atoms with van der Waals surface area (Å²) < 4.78 is 0. The first-order valence-corrected chi connectivity index (χ1v) is 4.47. The van der Waals surface area contributed by atoms with Gasteiger partial charge in [-0.05, 0) is 19.4 Å². The number of carboxylic acid groups (broad SMARTS) is 1. The molecule has 2 fully saturated rings. The van der Waals surface area contributed by atoms with Crippen molar-refractivity contribution in [3.8, 4) is 0 Å². The monoisotopic (exact) mass is 170 g/mol. The molecule has 2 aliphatic rings. The van der Waals surface area contributed by atoms with Gasteiger partial charge in [-0.1, -0.05) is 0 Å². The molecule has 4 nitrogen and oxygen atoms in total. The van der Waals surface area contributed by atoms with Crippen LogP contribution < -0.4 is 5.32 Å². The van der Waals surface area contributed by atoms with E-state index in [-0.39, 0.29) is 6.04 Å². The molecule has 0 amide bonds. The first-order valence-electron chi connectivity index (χ1n) is 4.47. The molecule has 2 saturated heterocycles. The highest BCUT2D eigenvalue weighted by Crippen LogP contribution is 2.15. The van der Waals surface area contributed by atoms with E-state index in [2.05, 4.69) is 10.2 Å². The average molecular weight is 170 g/mol. The quantitative estimate of drug-likeness (QED) is 0.557. The first kappa shape index (κ1) is 8.01. The lowest BCUT2D eigenvalue weighted by atomic mass is 10.00. The number of carboxylic acids is 1. The molecule has 0 radical (unpaired) electrons. The number of aliphatic carboxylic acids is 1. The second-order valence-electron chi connectivity index (χ2n) is 3.66. The number of piperazine rings is 1. The number of nitrogens with zero attached hydrogens (tertiary/aromatic N) is 1. The van der Waals surface area contributed by atoms with Gasteiger partial charge in [0.2, 0.25) is 0 Å². The molecule has 2 rings (SSSR count). The molecule has 2 N–H and O–H groups in total. The Balaban J connectivity index is 2.00. The molecular weight excluding hydrogens is 156 g/mol. The van der Waals surface area contributed by atoms with Gasteiger partial charge in [-0.15, -0.1) is 0 Å². The van der Waals surface area contributed by atoms with Crippen molar-refractivity contribution in [1.82, 2.24) is 10.2 Å². The van der Waals surface area contributed by atoms with Gasteiger partial charge in [0.05, 0.1) is 0 Å². The predicted octanol–water partition coefficient (Wildman–Crippen LogP) is -0.493. The van der Waals surface area contributed by atoms with Gasteiger partial charge in [-0.3, -0.25) is 15.0 Å². The second kappa shape index (κ2) is 3.03. The number of carbonyl (C=O) groups is 1. The van der Waals surface area contributed by atoms with Gasteiger partial charge >= 0.3 is 5.97 Å². The first-order chi connectivity index (χ1) is 5.75. The van der Waals surface area contributed by atoms with Crippen LogP contribution in [-0.4, -0.2) is 47.7 Å². The maximum atomic E-state index is 10.7. The molecule has 4 heteroatoms. The van der Waals surface area contributed by atoms with Gasteiger partial charge in [-0.2, -0.15) is 0 Å². The molecule has 3 atom stereocenters. The molecule has 0 aliphatic carbocycles. The Morgan fingerprint density at radius 1 is 1.50 bits per heavy atom.